The molecule has 0 amide bonds. The van der Waals surface area contributed by atoms with E-state index < -0.39 is 59.1 Å². The van der Waals surface area contributed by atoms with E-state index in [0.717, 1.165) is 24.3 Å². The minimum atomic E-state index is -1.64. The molecule has 0 saturated carbocycles. The van der Waals surface area contributed by atoms with E-state index in [2.05, 4.69) is 0 Å². The van der Waals surface area contributed by atoms with Gasteiger partial charge in [0.05, 0.1) is 6.10 Å². The van der Waals surface area contributed by atoms with Crippen LogP contribution in [-0.2, 0) is 4.74 Å². The van der Waals surface area contributed by atoms with E-state index in [9.17, 15) is 40.5 Å². The molecule has 0 aliphatic carbocycles. The SMILES string of the molecule is CC(O)[C@H]1O[C@@H](Oc2c(-c3ccc(O)c(O)c3)oc3cc(O)cc(O)c3c2=O)[C@H](O)[C@@H]1O. The molecule has 3 aromatic rings. The number of aliphatic hydroxyl groups is 3. The first-order chi connectivity index (χ1) is 15.1. The van der Waals surface area contributed by atoms with Gasteiger partial charge in [-0.3, -0.25) is 4.79 Å². The molecule has 1 aliphatic rings. The highest BCUT2D eigenvalue weighted by atomic mass is 16.7. The Kier molecular flexibility index (Phi) is 5.34. The lowest BCUT2D eigenvalue weighted by Gasteiger charge is -2.19. The first kappa shape index (κ1) is 21.7. The summed E-state index contributed by atoms with van der Waals surface area (Å²) in [5.74, 6) is -2.79. The molecule has 11 heteroatoms. The lowest BCUT2D eigenvalue weighted by Crippen LogP contribution is -2.38. The number of aromatic hydroxyl groups is 4. The highest BCUT2D eigenvalue weighted by Gasteiger charge is 2.47. The van der Waals surface area contributed by atoms with Gasteiger partial charge in [0, 0.05) is 17.7 Å². The van der Waals surface area contributed by atoms with Crippen molar-refractivity contribution in [2.24, 2.45) is 0 Å². The molecule has 1 saturated heterocycles. The summed E-state index contributed by atoms with van der Waals surface area (Å²) < 4.78 is 16.6. The van der Waals surface area contributed by atoms with Crippen molar-refractivity contribution in [1.29, 1.82) is 0 Å². The number of rotatable bonds is 4. The Labute approximate surface area is 179 Å². The van der Waals surface area contributed by atoms with Gasteiger partial charge in [0.15, 0.2) is 17.3 Å². The Bertz CT molecular complexity index is 1230. The van der Waals surface area contributed by atoms with Gasteiger partial charge in [-0.05, 0) is 25.1 Å². The van der Waals surface area contributed by atoms with Crippen molar-refractivity contribution in [2.45, 2.75) is 37.6 Å². The van der Waals surface area contributed by atoms with E-state index >= 15 is 0 Å². The number of aliphatic hydroxyl groups excluding tert-OH is 3. The Morgan fingerprint density at radius 3 is 2.31 bits per heavy atom. The van der Waals surface area contributed by atoms with Crippen LogP contribution in [0.25, 0.3) is 22.3 Å². The summed E-state index contributed by atoms with van der Waals surface area (Å²) in [6.07, 6.45) is -7.11. The monoisotopic (exact) mass is 448 g/mol. The van der Waals surface area contributed by atoms with Crippen LogP contribution in [0.15, 0.2) is 39.5 Å². The number of phenolic OH excluding ortho intramolecular Hbond substituents is 4. The zero-order valence-electron chi connectivity index (χ0n) is 16.5. The molecular formula is C21H20O11. The third-order valence-corrected chi connectivity index (χ3v) is 5.12. The number of fused-ring (bicyclic) bond motifs is 1. The predicted molar refractivity (Wildman–Crippen MR) is 108 cm³/mol. The summed E-state index contributed by atoms with van der Waals surface area (Å²) in [6, 6.07) is 5.51. The molecule has 7 N–H and O–H groups in total. The van der Waals surface area contributed by atoms with Crippen LogP contribution in [0.5, 0.6) is 28.7 Å². The maximum Gasteiger partial charge on any atom is 0.239 e. The van der Waals surface area contributed by atoms with Crippen LogP contribution in [0.4, 0.5) is 0 Å². The van der Waals surface area contributed by atoms with Crippen molar-refractivity contribution >= 4 is 11.0 Å². The maximum atomic E-state index is 13.2. The Balaban J connectivity index is 1.91. The van der Waals surface area contributed by atoms with Gasteiger partial charge in [-0.15, -0.1) is 0 Å². The van der Waals surface area contributed by atoms with Crippen molar-refractivity contribution in [3.8, 4) is 40.1 Å². The van der Waals surface area contributed by atoms with E-state index in [1.165, 1.54) is 13.0 Å². The molecule has 4 rings (SSSR count). The average Bonchev–Trinajstić information content (AvgIpc) is 3.00. The molecule has 0 radical (unpaired) electrons. The Hall–Kier alpha value is -3.51. The summed E-state index contributed by atoms with van der Waals surface area (Å²) in [5.41, 5.74) is -1.05. The number of benzene rings is 2. The van der Waals surface area contributed by atoms with Gasteiger partial charge in [-0.2, -0.15) is 0 Å². The topological polar surface area (TPSA) is 190 Å². The van der Waals surface area contributed by atoms with Crippen LogP contribution in [0.1, 0.15) is 6.92 Å². The molecular weight excluding hydrogens is 428 g/mol. The van der Waals surface area contributed by atoms with Crippen LogP contribution in [0, 0.1) is 0 Å². The molecule has 1 unspecified atom stereocenters. The highest BCUT2D eigenvalue weighted by Crippen LogP contribution is 2.39. The fourth-order valence-electron chi connectivity index (χ4n) is 3.51. The summed E-state index contributed by atoms with van der Waals surface area (Å²) in [4.78, 5) is 13.2. The van der Waals surface area contributed by atoms with Crippen LogP contribution >= 0.6 is 0 Å². The standard InChI is InChI=1S/C21H20O11/c1-7(22)18-16(28)17(29)21(31-18)32-20-15(27)14-12(26)5-9(23)6-13(14)30-19(20)8-2-3-10(24)11(25)4-8/h2-7,16-18,21-26,28-29H,1H3/t7?,16-,17+,18+,21-/m0/s1. The molecule has 32 heavy (non-hydrogen) atoms. The number of ether oxygens (including phenoxy) is 2. The first-order valence-electron chi connectivity index (χ1n) is 9.50. The molecule has 170 valence electrons. The van der Waals surface area contributed by atoms with Crippen molar-refractivity contribution in [2.75, 3.05) is 0 Å². The number of hydrogen-bond acceptors (Lipinski definition) is 11. The number of phenols is 4. The smallest absolute Gasteiger partial charge is 0.239 e. The van der Waals surface area contributed by atoms with Gasteiger partial charge in [-0.25, -0.2) is 0 Å². The summed E-state index contributed by atoms with van der Waals surface area (Å²) >= 11 is 0. The second kappa shape index (κ2) is 7.88. The lowest BCUT2D eigenvalue weighted by atomic mass is 10.1. The zero-order valence-corrected chi connectivity index (χ0v) is 16.5. The van der Waals surface area contributed by atoms with E-state index in [4.69, 9.17) is 13.9 Å². The third-order valence-electron chi connectivity index (χ3n) is 5.12. The van der Waals surface area contributed by atoms with Gasteiger partial charge < -0.3 is 49.6 Å². The average molecular weight is 448 g/mol. The fraction of sp³-hybridized carbons (Fsp3) is 0.286. The van der Waals surface area contributed by atoms with Crippen LogP contribution < -0.4 is 10.2 Å². The molecule has 0 spiro atoms. The quantitative estimate of drug-likeness (QED) is 0.275. The highest BCUT2D eigenvalue weighted by molar-refractivity contribution is 5.88. The summed E-state index contributed by atoms with van der Waals surface area (Å²) in [5, 5.41) is 69.1. The van der Waals surface area contributed by atoms with Crippen LogP contribution in [-0.4, -0.2) is 66.5 Å². The van der Waals surface area contributed by atoms with Gasteiger partial charge in [0.1, 0.15) is 40.8 Å². The van der Waals surface area contributed by atoms with E-state index in [0.29, 0.717) is 0 Å². The fourth-order valence-corrected chi connectivity index (χ4v) is 3.51. The Morgan fingerprint density at radius 2 is 1.69 bits per heavy atom. The Morgan fingerprint density at radius 1 is 0.969 bits per heavy atom. The van der Waals surface area contributed by atoms with E-state index in [1.807, 2.05) is 0 Å². The van der Waals surface area contributed by atoms with Crippen molar-refractivity contribution < 1.29 is 49.6 Å². The van der Waals surface area contributed by atoms with E-state index in [1.54, 1.807) is 0 Å². The molecule has 2 heterocycles. The molecule has 2 aromatic carbocycles. The minimum Gasteiger partial charge on any atom is -0.508 e. The molecule has 0 bridgehead atoms. The van der Waals surface area contributed by atoms with Crippen LogP contribution in [0.3, 0.4) is 0 Å². The molecule has 11 nitrogen and oxygen atoms in total. The van der Waals surface area contributed by atoms with Crippen molar-refractivity contribution in [1.82, 2.24) is 0 Å². The van der Waals surface area contributed by atoms with E-state index in [-0.39, 0.29) is 28.0 Å². The third kappa shape index (κ3) is 3.56. The van der Waals surface area contributed by atoms with Crippen molar-refractivity contribution in [3.63, 3.8) is 0 Å². The molecule has 1 fully saturated rings. The molecule has 5 atom stereocenters. The summed E-state index contributed by atoms with van der Waals surface area (Å²) in [6.45, 7) is 1.34. The maximum absolute atomic E-state index is 13.2. The summed E-state index contributed by atoms with van der Waals surface area (Å²) in [7, 11) is 0. The lowest BCUT2D eigenvalue weighted by molar-refractivity contribution is -0.129. The largest absolute Gasteiger partial charge is 0.508 e. The van der Waals surface area contributed by atoms with Gasteiger partial charge in [0.2, 0.25) is 17.5 Å². The van der Waals surface area contributed by atoms with Gasteiger partial charge in [0.25, 0.3) is 0 Å². The second-order valence-corrected chi connectivity index (χ2v) is 7.44. The predicted octanol–water partition coefficient (Wildman–Crippen LogP) is 0.489. The minimum absolute atomic E-state index is 0.0669. The molecule has 1 aliphatic heterocycles. The van der Waals surface area contributed by atoms with Gasteiger partial charge in [-0.1, -0.05) is 0 Å². The van der Waals surface area contributed by atoms with Crippen LogP contribution in [0.2, 0.25) is 0 Å². The zero-order chi connectivity index (χ0) is 23.3. The second-order valence-electron chi connectivity index (χ2n) is 7.44. The normalized spacial score (nSPS) is 24.0. The van der Waals surface area contributed by atoms with Gasteiger partial charge >= 0.3 is 0 Å². The number of hydrogen-bond donors (Lipinski definition) is 7. The molecule has 1 aromatic heterocycles. The van der Waals surface area contributed by atoms with Crippen molar-refractivity contribution in [3.05, 3.63) is 40.6 Å². The first-order valence-corrected chi connectivity index (χ1v) is 9.50.